The van der Waals surface area contributed by atoms with Gasteiger partial charge in [0.05, 0.1) is 46.2 Å². The van der Waals surface area contributed by atoms with Gasteiger partial charge < -0.3 is 34.1 Å². The Hall–Kier alpha value is -6.67. The van der Waals surface area contributed by atoms with Crippen molar-refractivity contribution in [3.63, 3.8) is 0 Å². The number of nitrogens with one attached hydrogen (secondary N) is 2. The maximum Gasteiger partial charge on any atom is 0.119 e. The van der Waals surface area contributed by atoms with Crippen LogP contribution >= 0.6 is 0 Å². The number of benzene rings is 4. The molecule has 1 aromatic heterocycles. The van der Waals surface area contributed by atoms with Gasteiger partial charge in [-0.1, -0.05) is 67.6 Å². The molecular formula is C50H48N4O4. The first kappa shape index (κ1) is 36.9. The largest absolute Gasteiger partial charge is 0.497 e. The second kappa shape index (κ2) is 15.3. The zero-order chi connectivity index (χ0) is 39.9. The van der Waals surface area contributed by atoms with Crippen LogP contribution in [0.25, 0.3) is 22.3 Å². The minimum absolute atomic E-state index is 0.0193. The highest BCUT2D eigenvalue weighted by Gasteiger charge is 2.37. The smallest absolute Gasteiger partial charge is 0.119 e. The molecule has 2 N–H and O–H groups in total. The van der Waals surface area contributed by atoms with Crippen LogP contribution in [0.5, 0.6) is 23.0 Å². The van der Waals surface area contributed by atoms with Crippen LogP contribution in [0.3, 0.4) is 0 Å². The number of rotatable bonds is 8. The third kappa shape index (κ3) is 6.48. The van der Waals surface area contributed by atoms with Crippen LogP contribution in [0.1, 0.15) is 35.6 Å². The summed E-state index contributed by atoms with van der Waals surface area (Å²) in [4.78, 5) is 11.7. The van der Waals surface area contributed by atoms with Crippen molar-refractivity contribution < 1.29 is 18.9 Å². The second-order valence-electron chi connectivity index (χ2n) is 15.2. The first-order valence-electron chi connectivity index (χ1n) is 19.8. The van der Waals surface area contributed by atoms with Gasteiger partial charge in [-0.25, -0.2) is 0 Å². The third-order valence-electron chi connectivity index (χ3n) is 12.0. The average molecular weight is 769 g/mol. The van der Waals surface area contributed by atoms with Crippen LogP contribution < -0.4 is 35.0 Å². The summed E-state index contributed by atoms with van der Waals surface area (Å²) in [6.07, 6.45) is 9.86. The number of likely N-dealkylation sites (N-methyl/N-ethyl adjacent to an activating group) is 1. The molecule has 4 aromatic carbocycles. The zero-order valence-electron chi connectivity index (χ0n) is 33.7. The first-order chi connectivity index (χ1) is 28.4. The van der Waals surface area contributed by atoms with E-state index in [-0.39, 0.29) is 23.9 Å². The van der Waals surface area contributed by atoms with Crippen molar-refractivity contribution in [2.75, 3.05) is 35.5 Å². The molecule has 5 aromatic rings. The van der Waals surface area contributed by atoms with Crippen LogP contribution in [-0.2, 0) is 0 Å². The second-order valence-corrected chi connectivity index (χ2v) is 15.2. The van der Waals surface area contributed by atoms with Gasteiger partial charge in [0.25, 0.3) is 0 Å². The van der Waals surface area contributed by atoms with Crippen molar-refractivity contribution >= 4 is 28.5 Å². The van der Waals surface area contributed by atoms with Crippen molar-refractivity contribution in [3.8, 4) is 23.0 Å². The summed E-state index contributed by atoms with van der Waals surface area (Å²) in [6, 6.07) is 37.8. The number of aliphatic imine (C=N–C) groups is 1. The SMILES string of the molecule is COc1cccc(/C2=C3\C=CC(/C(c4cccc(OC)c4)=c4/cc/c([nH]4)=C(\c4cccc(OC)c4)C4C=N/C(=C(\c5cccc(OC)c5)C5=CCC2N5)C4C)N3C)c1. The van der Waals surface area contributed by atoms with E-state index >= 15 is 0 Å². The standard InChI is InChI=1S/C50H48N4O4/c1-30-39-29-51-50(30)49(34-14-10-18-38(28-34)58-6)43-22-21-42(53-43)48(33-13-9-17-37(27-33)57-5)45-24-23-44(54(45)2)47(32-12-8-16-36(26-32)56-4)41-20-19-40(52-41)46(39)31-11-7-15-35(25-31)55-3/h7-20,22-30,39,42,44,52-53H,21H2,1-6H3/b46-40-,47-41-,48-45-,50-49+. The number of aromatic nitrogens is 1. The van der Waals surface area contributed by atoms with Gasteiger partial charge in [0.15, 0.2) is 0 Å². The van der Waals surface area contributed by atoms with Gasteiger partial charge in [0, 0.05) is 63.9 Å². The Morgan fingerprint density at radius 1 is 0.638 bits per heavy atom. The summed E-state index contributed by atoms with van der Waals surface area (Å²) in [5.74, 6) is 3.20. The van der Waals surface area contributed by atoms with Crippen molar-refractivity contribution in [3.05, 3.63) is 177 Å². The lowest BCUT2D eigenvalue weighted by Gasteiger charge is -2.30. The average Bonchev–Trinajstić information content (AvgIpc) is 4.09. The van der Waals surface area contributed by atoms with Crippen LogP contribution in [0, 0.1) is 11.8 Å². The lowest BCUT2D eigenvalue weighted by molar-refractivity contribution is 0.414. The van der Waals surface area contributed by atoms with Gasteiger partial charge >= 0.3 is 0 Å². The van der Waals surface area contributed by atoms with Crippen LogP contribution in [0.2, 0.25) is 0 Å². The van der Waals surface area contributed by atoms with Gasteiger partial charge in [0.1, 0.15) is 23.0 Å². The zero-order valence-corrected chi connectivity index (χ0v) is 33.7. The maximum atomic E-state index is 5.78. The molecule has 8 heteroatoms. The Labute approximate surface area is 339 Å². The lowest BCUT2D eigenvalue weighted by atomic mass is 9.82. The number of allylic oxidation sites excluding steroid dienone is 3. The minimum atomic E-state index is -0.0953. The van der Waals surface area contributed by atoms with Crippen LogP contribution in [-0.4, -0.2) is 63.7 Å². The summed E-state index contributed by atoms with van der Waals surface area (Å²) >= 11 is 0. The van der Waals surface area contributed by atoms with Gasteiger partial charge in [-0.2, -0.15) is 0 Å². The van der Waals surface area contributed by atoms with Gasteiger partial charge in [-0.05, 0) is 101 Å². The fraction of sp³-hybridized carbons (Fsp3) is 0.220. The van der Waals surface area contributed by atoms with E-state index in [2.05, 4.69) is 139 Å². The minimum Gasteiger partial charge on any atom is -0.497 e. The number of hydrogen-bond acceptors (Lipinski definition) is 7. The van der Waals surface area contributed by atoms with E-state index in [1.165, 1.54) is 5.57 Å². The number of fused-ring (bicyclic) bond motifs is 8. The Kier molecular flexibility index (Phi) is 9.77. The molecule has 4 aliphatic rings. The number of methoxy groups -OCH3 is 4. The van der Waals surface area contributed by atoms with E-state index in [0.717, 1.165) is 96.2 Å². The summed E-state index contributed by atoms with van der Waals surface area (Å²) in [5, 5.41) is 6.10. The van der Waals surface area contributed by atoms with Crippen molar-refractivity contribution in [2.45, 2.75) is 25.4 Å². The molecule has 0 saturated carbocycles. The molecule has 8 bridgehead atoms. The summed E-state index contributed by atoms with van der Waals surface area (Å²) < 4.78 is 23.1. The highest BCUT2D eigenvalue weighted by Crippen LogP contribution is 2.44. The Morgan fingerprint density at radius 3 is 1.74 bits per heavy atom. The number of H-pyrrole nitrogens is 1. The molecular weight excluding hydrogens is 721 g/mol. The lowest BCUT2D eigenvalue weighted by Crippen LogP contribution is -2.34. The van der Waals surface area contributed by atoms with Crippen molar-refractivity contribution in [1.29, 1.82) is 0 Å². The highest BCUT2D eigenvalue weighted by atomic mass is 16.5. The van der Waals surface area contributed by atoms with E-state index in [4.69, 9.17) is 23.9 Å². The molecule has 4 atom stereocenters. The van der Waals surface area contributed by atoms with E-state index in [1.54, 1.807) is 28.4 Å². The predicted octanol–water partition coefficient (Wildman–Crippen LogP) is 7.74. The van der Waals surface area contributed by atoms with Crippen LogP contribution in [0.15, 0.2) is 150 Å². The number of ether oxygens (including phenoxy) is 4. The molecule has 0 fully saturated rings. The molecule has 58 heavy (non-hydrogen) atoms. The molecule has 0 radical (unpaired) electrons. The van der Waals surface area contributed by atoms with Crippen molar-refractivity contribution in [2.24, 2.45) is 16.8 Å². The summed E-state index contributed by atoms with van der Waals surface area (Å²) in [6.45, 7) is 2.30. The van der Waals surface area contributed by atoms with E-state index in [0.29, 0.717) is 0 Å². The number of aromatic amines is 1. The number of hydrogen-bond donors (Lipinski definition) is 2. The fourth-order valence-corrected chi connectivity index (χ4v) is 9.09. The molecule has 4 aliphatic heterocycles. The molecule has 4 unspecified atom stereocenters. The molecule has 0 aliphatic carbocycles. The normalized spacial score (nSPS) is 25.4. The number of nitrogens with zero attached hydrogens (tertiary/aromatic N) is 2. The monoisotopic (exact) mass is 768 g/mol. The van der Waals surface area contributed by atoms with Gasteiger partial charge in [-0.15, -0.1) is 0 Å². The quantitative estimate of drug-likeness (QED) is 0.168. The molecule has 0 saturated heterocycles. The molecule has 5 heterocycles. The Balaban J connectivity index is 1.36. The summed E-state index contributed by atoms with van der Waals surface area (Å²) in [7, 11) is 9.08. The molecule has 8 nitrogen and oxygen atoms in total. The predicted molar refractivity (Wildman–Crippen MR) is 232 cm³/mol. The topological polar surface area (TPSA) is 80.3 Å². The molecule has 9 rings (SSSR count). The van der Waals surface area contributed by atoms with Gasteiger partial charge in [0.2, 0.25) is 0 Å². The molecule has 292 valence electrons. The fourth-order valence-electron chi connectivity index (χ4n) is 9.09. The van der Waals surface area contributed by atoms with E-state index < -0.39 is 0 Å². The Morgan fingerprint density at radius 2 is 1.16 bits per heavy atom. The van der Waals surface area contributed by atoms with E-state index in [9.17, 15) is 0 Å². The molecule has 0 spiro atoms. The Bertz CT molecular complexity index is 2700. The first-order valence-corrected chi connectivity index (χ1v) is 19.8. The van der Waals surface area contributed by atoms with E-state index in [1.807, 2.05) is 24.3 Å². The third-order valence-corrected chi connectivity index (χ3v) is 12.0. The maximum absolute atomic E-state index is 5.78. The highest BCUT2D eigenvalue weighted by molar-refractivity contribution is 5.92. The summed E-state index contributed by atoms with van der Waals surface area (Å²) in [5.41, 5.74) is 12.1. The molecule has 0 amide bonds. The van der Waals surface area contributed by atoms with Crippen molar-refractivity contribution in [1.82, 2.24) is 15.2 Å². The van der Waals surface area contributed by atoms with Gasteiger partial charge in [-0.3, -0.25) is 4.99 Å². The van der Waals surface area contributed by atoms with Crippen LogP contribution in [0.4, 0.5) is 0 Å².